The van der Waals surface area contributed by atoms with Crippen LogP contribution in [0.1, 0.15) is 35.8 Å². The van der Waals surface area contributed by atoms with Gasteiger partial charge in [-0.25, -0.2) is 9.67 Å². The maximum atomic E-state index is 13.1. The second-order valence-corrected chi connectivity index (χ2v) is 6.59. The van der Waals surface area contributed by atoms with E-state index < -0.39 is 0 Å². The lowest BCUT2D eigenvalue weighted by Crippen LogP contribution is -2.27. The Bertz CT molecular complexity index is 1110. The fraction of sp³-hybridized carbons (Fsp3) is 0.182. The molecule has 6 heteroatoms. The summed E-state index contributed by atoms with van der Waals surface area (Å²) in [6.07, 6.45) is 5.16. The number of benzene rings is 1. The molecular weight excluding hydrogens is 350 g/mol. The van der Waals surface area contributed by atoms with Gasteiger partial charge in [0.05, 0.1) is 28.9 Å². The number of nitrogens with zero attached hydrogens (tertiary/aromatic N) is 4. The highest BCUT2D eigenvalue weighted by Crippen LogP contribution is 2.25. The summed E-state index contributed by atoms with van der Waals surface area (Å²) in [7, 11) is 0. The molecule has 0 aliphatic heterocycles. The zero-order valence-corrected chi connectivity index (χ0v) is 15.8. The molecule has 3 aromatic heterocycles. The largest absolute Gasteiger partial charge is 0.345 e. The summed E-state index contributed by atoms with van der Waals surface area (Å²) in [6.45, 7) is 4.65. The van der Waals surface area contributed by atoms with Crippen molar-refractivity contribution in [3.8, 4) is 11.3 Å². The third-order valence-electron chi connectivity index (χ3n) is 4.78. The Kier molecular flexibility index (Phi) is 4.85. The van der Waals surface area contributed by atoms with Gasteiger partial charge in [-0.1, -0.05) is 30.3 Å². The predicted octanol–water partition coefficient (Wildman–Crippen LogP) is 4.00. The van der Waals surface area contributed by atoms with Crippen molar-refractivity contribution in [2.24, 2.45) is 0 Å². The van der Waals surface area contributed by atoms with E-state index >= 15 is 0 Å². The highest BCUT2D eigenvalue weighted by molar-refractivity contribution is 6.06. The van der Waals surface area contributed by atoms with Crippen molar-refractivity contribution >= 4 is 16.9 Å². The lowest BCUT2D eigenvalue weighted by Gasteiger charge is -2.15. The molecule has 0 saturated heterocycles. The summed E-state index contributed by atoms with van der Waals surface area (Å²) in [6, 6.07) is 15.4. The van der Waals surface area contributed by atoms with Gasteiger partial charge in [0.1, 0.15) is 0 Å². The molecule has 28 heavy (non-hydrogen) atoms. The Morgan fingerprint density at radius 2 is 1.89 bits per heavy atom. The molecule has 1 unspecified atom stereocenters. The normalized spacial score (nSPS) is 12.1. The van der Waals surface area contributed by atoms with E-state index in [-0.39, 0.29) is 11.9 Å². The highest BCUT2D eigenvalue weighted by atomic mass is 16.1. The van der Waals surface area contributed by atoms with Crippen LogP contribution in [-0.2, 0) is 6.54 Å². The highest BCUT2D eigenvalue weighted by Gasteiger charge is 2.19. The first-order chi connectivity index (χ1) is 13.7. The molecule has 0 radical (unpaired) electrons. The van der Waals surface area contributed by atoms with Crippen LogP contribution in [0.5, 0.6) is 0 Å². The molecule has 0 saturated carbocycles. The van der Waals surface area contributed by atoms with E-state index in [0.29, 0.717) is 17.8 Å². The first kappa shape index (κ1) is 17.9. The van der Waals surface area contributed by atoms with Gasteiger partial charge in [-0.2, -0.15) is 5.10 Å². The lowest BCUT2D eigenvalue weighted by atomic mass is 10.1. The Morgan fingerprint density at radius 1 is 1.14 bits per heavy atom. The van der Waals surface area contributed by atoms with Gasteiger partial charge >= 0.3 is 0 Å². The molecular formula is C22H21N5O. The standard InChI is InChI=1S/C22H21N5O/c1-3-27-21-19(14-24-27)18(13-20(26-21)17-7-5-4-6-8-17)22(28)25-15(2)16-9-11-23-12-10-16/h4-15H,3H2,1-2H3,(H,25,28). The third-order valence-corrected chi connectivity index (χ3v) is 4.78. The van der Waals surface area contributed by atoms with Crippen molar-refractivity contribution in [3.05, 3.63) is 78.2 Å². The maximum absolute atomic E-state index is 13.1. The fourth-order valence-electron chi connectivity index (χ4n) is 3.23. The van der Waals surface area contributed by atoms with Crippen molar-refractivity contribution in [3.63, 3.8) is 0 Å². The minimum Gasteiger partial charge on any atom is -0.345 e. The van der Waals surface area contributed by atoms with Crippen LogP contribution >= 0.6 is 0 Å². The Morgan fingerprint density at radius 3 is 2.61 bits per heavy atom. The molecule has 4 aromatic rings. The van der Waals surface area contributed by atoms with Crippen molar-refractivity contribution in [1.82, 2.24) is 25.1 Å². The van der Waals surface area contributed by atoms with Gasteiger partial charge in [0.25, 0.3) is 5.91 Å². The minimum absolute atomic E-state index is 0.139. The van der Waals surface area contributed by atoms with Crippen molar-refractivity contribution in [2.45, 2.75) is 26.4 Å². The van der Waals surface area contributed by atoms with Crippen LogP contribution in [0.4, 0.5) is 0 Å². The number of hydrogen-bond acceptors (Lipinski definition) is 4. The summed E-state index contributed by atoms with van der Waals surface area (Å²) in [5.74, 6) is -0.149. The molecule has 6 nitrogen and oxygen atoms in total. The quantitative estimate of drug-likeness (QED) is 0.575. The van der Waals surface area contributed by atoms with Gasteiger partial charge in [0, 0.05) is 24.5 Å². The summed E-state index contributed by atoms with van der Waals surface area (Å²) in [4.78, 5) is 21.9. The molecule has 1 amide bonds. The minimum atomic E-state index is -0.149. The Balaban J connectivity index is 1.77. The van der Waals surface area contributed by atoms with Crippen LogP contribution in [0, 0.1) is 0 Å². The number of carbonyl (C=O) groups is 1. The SMILES string of the molecule is CCn1ncc2c(C(=O)NC(C)c3ccncc3)cc(-c3ccccc3)nc21. The van der Waals surface area contributed by atoms with Gasteiger partial charge in [0.2, 0.25) is 0 Å². The molecule has 0 fully saturated rings. The number of aryl methyl sites for hydroxylation is 1. The van der Waals surface area contributed by atoms with E-state index in [1.54, 1.807) is 18.6 Å². The zero-order chi connectivity index (χ0) is 19.5. The molecule has 0 bridgehead atoms. The summed E-state index contributed by atoms with van der Waals surface area (Å²) in [5, 5.41) is 8.22. The van der Waals surface area contributed by atoms with E-state index in [2.05, 4.69) is 15.4 Å². The average Bonchev–Trinajstić information content (AvgIpc) is 3.17. The number of hydrogen-bond donors (Lipinski definition) is 1. The predicted molar refractivity (Wildman–Crippen MR) is 109 cm³/mol. The second kappa shape index (κ2) is 7.60. The molecule has 1 aromatic carbocycles. The Labute approximate surface area is 163 Å². The lowest BCUT2D eigenvalue weighted by molar-refractivity contribution is 0.0941. The van der Waals surface area contributed by atoms with Crippen LogP contribution in [-0.4, -0.2) is 25.7 Å². The number of rotatable bonds is 5. The van der Waals surface area contributed by atoms with Crippen molar-refractivity contribution < 1.29 is 4.79 Å². The summed E-state index contributed by atoms with van der Waals surface area (Å²) < 4.78 is 1.81. The molecule has 0 aliphatic rings. The van der Waals surface area contributed by atoms with E-state index in [4.69, 9.17) is 4.98 Å². The number of carbonyl (C=O) groups excluding carboxylic acids is 1. The molecule has 4 rings (SSSR count). The molecule has 0 aliphatic carbocycles. The summed E-state index contributed by atoms with van der Waals surface area (Å²) >= 11 is 0. The van der Waals surface area contributed by atoms with E-state index in [1.165, 1.54) is 0 Å². The Hall–Kier alpha value is -3.54. The number of nitrogens with one attached hydrogen (secondary N) is 1. The van der Waals surface area contributed by atoms with Crippen LogP contribution in [0.3, 0.4) is 0 Å². The fourth-order valence-corrected chi connectivity index (χ4v) is 3.23. The van der Waals surface area contributed by atoms with Crippen LogP contribution in [0.25, 0.3) is 22.3 Å². The first-order valence-electron chi connectivity index (χ1n) is 9.30. The average molecular weight is 371 g/mol. The van der Waals surface area contributed by atoms with Gasteiger partial charge in [0.15, 0.2) is 5.65 Å². The monoisotopic (exact) mass is 371 g/mol. The summed E-state index contributed by atoms with van der Waals surface area (Å²) in [5.41, 5.74) is 4.01. The molecule has 140 valence electrons. The van der Waals surface area contributed by atoms with Crippen LogP contribution in [0.15, 0.2) is 67.1 Å². The van der Waals surface area contributed by atoms with Crippen LogP contribution < -0.4 is 5.32 Å². The van der Waals surface area contributed by atoms with Crippen molar-refractivity contribution in [2.75, 3.05) is 0 Å². The van der Waals surface area contributed by atoms with Crippen molar-refractivity contribution in [1.29, 1.82) is 0 Å². The van der Waals surface area contributed by atoms with Gasteiger partial charge in [-0.3, -0.25) is 9.78 Å². The van der Waals surface area contributed by atoms with Crippen LogP contribution in [0.2, 0.25) is 0 Å². The maximum Gasteiger partial charge on any atom is 0.252 e. The zero-order valence-electron chi connectivity index (χ0n) is 15.8. The van der Waals surface area contributed by atoms with Gasteiger partial charge in [-0.05, 0) is 37.6 Å². The molecule has 1 N–H and O–H groups in total. The van der Waals surface area contributed by atoms with Gasteiger partial charge in [-0.15, -0.1) is 0 Å². The smallest absolute Gasteiger partial charge is 0.252 e. The van der Waals surface area contributed by atoms with E-state index in [9.17, 15) is 4.79 Å². The molecule has 1 atom stereocenters. The van der Waals surface area contributed by atoms with E-state index in [1.807, 2.05) is 67.1 Å². The third kappa shape index (κ3) is 3.36. The molecule has 0 spiro atoms. The topological polar surface area (TPSA) is 72.7 Å². The van der Waals surface area contributed by atoms with E-state index in [0.717, 1.165) is 22.2 Å². The number of amides is 1. The molecule has 3 heterocycles. The second-order valence-electron chi connectivity index (χ2n) is 6.59. The number of fused-ring (bicyclic) bond motifs is 1. The number of aromatic nitrogens is 4. The first-order valence-corrected chi connectivity index (χ1v) is 9.30. The van der Waals surface area contributed by atoms with Gasteiger partial charge < -0.3 is 5.32 Å². The number of pyridine rings is 2.